The number of amides is 1. The minimum absolute atomic E-state index is 0.145. The van der Waals surface area contributed by atoms with Crippen LogP contribution in [-0.4, -0.2) is 21.0 Å². The minimum Gasteiger partial charge on any atom is -0.356 e. The highest BCUT2D eigenvalue weighted by Gasteiger charge is 2.14. The second-order valence-electron chi connectivity index (χ2n) is 7.49. The highest BCUT2D eigenvalue weighted by molar-refractivity contribution is 5.95. The van der Waals surface area contributed by atoms with Gasteiger partial charge in [0, 0.05) is 28.1 Å². The molecule has 0 bridgehead atoms. The number of nitrogens with one attached hydrogen (secondary N) is 2. The van der Waals surface area contributed by atoms with Crippen molar-refractivity contribution in [3.05, 3.63) is 70.7 Å². The summed E-state index contributed by atoms with van der Waals surface area (Å²) in [6.45, 7) is 7.85. The quantitative estimate of drug-likeness (QED) is 0.500. The fourth-order valence-corrected chi connectivity index (χ4v) is 3.47. The van der Waals surface area contributed by atoms with Gasteiger partial charge in [-0.2, -0.15) is 0 Å². The van der Waals surface area contributed by atoms with Crippen LogP contribution in [0.5, 0.6) is 0 Å². The molecule has 0 saturated heterocycles. The smallest absolute Gasteiger partial charge is 0.230 e. The van der Waals surface area contributed by atoms with E-state index in [0.717, 1.165) is 39.2 Å². The molecule has 2 aromatic carbocycles. The number of carbonyl (C=O) groups is 1. The number of nitrogens with zero attached hydrogens (tertiary/aromatic N) is 3. The molecule has 1 amide bonds. The molecule has 2 N–H and O–H groups in total. The van der Waals surface area contributed by atoms with Gasteiger partial charge in [-0.15, -0.1) is 0 Å². The van der Waals surface area contributed by atoms with Crippen LogP contribution in [0, 0.1) is 27.7 Å². The van der Waals surface area contributed by atoms with Crippen molar-refractivity contribution in [3.63, 3.8) is 0 Å². The summed E-state index contributed by atoms with van der Waals surface area (Å²) < 4.78 is 5.42. The number of aryl methyl sites for hydroxylation is 4. The fraction of sp³-hybridized carbons (Fsp3) is 0.217. The summed E-state index contributed by atoms with van der Waals surface area (Å²) in [5, 5.41) is 11.1. The van der Waals surface area contributed by atoms with Crippen LogP contribution in [0.1, 0.15) is 28.2 Å². The van der Waals surface area contributed by atoms with Crippen LogP contribution in [0.25, 0.3) is 11.0 Å². The summed E-state index contributed by atoms with van der Waals surface area (Å²) in [7, 11) is 0. The van der Waals surface area contributed by atoms with Gasteiger partial charge in [0.2, 0.25) is 11.9 Å². The number of anilines is 3. The van der Waals surface area contributed by atoms with E-state index >= 15 is 0 Å². The van der Waals surface area contributed by atoms with E-state index in [1.54, 1.807) is 0 Å². The van der Waals surface area contributed by atoms with Crippen molar-refractivity contribution in [1.82, 2.24) is 15.1 Å². The first-order chi connectivity index (χ1) is 14.4. The molecule has 2 aromatic heterocycles. The SMILES string of the molecule is Cc1cc(C)c2onc(CC(=O)Nc3ccc(Nc4nc(C)cc(C)n4)cc3)c2c1. The van der Waals surface area contributed by atoms with Gasteiger partial charge < -0.3 is 15.2 Å². The highest BCUT2D eigenvalue weighted by atomic mass is 16.5. The number of hydrogen-bond acceptors (Lipinski definition) is 6. The lowest BCUT2D eigenvalue weighted by atomic mass is 10.1. The molecule has 0 aliphatic heterocycles. The minimum atomic E-state index is -0.150. The van der Waals surface area contributed by atoms with Crippen LogP contribution in [0.3, 0.4) is 0 Å². The highest BCUT2D eigenvalue weighted by Crippen LogP contribution is 2.24. The summed E-state index contributed by atoms with van der Waals surface area (Å²) in [4.78, 5) is 21.3. The molecule has 0 atom stereocenters. The van der Waals surface area contributed by atoms with Gasteiger partial charge in [-0.1, -0.05) is 11.2 Å². The van der Waals surface area contributed by atoms with Crippen molar-refractivity contribution >= 4 is 34.2 Å². The first-order valence-corrected chi connectivity index (χ1v) is 9.72. The predicted molar refractivity (Wildman–Crippen MR) is 117 cm³/mol. The third kappa shape index (κ3) is 4.30. The molecule has 0 aliphatic carbocycles. The third-order valence-corrected chi connectivity index (χ3v) is 4.71. The van der Waals surface area contributed by atoms with Gasteiger partial charge in [0.05, 0.1) is 6.42 Å². The Balaban J connectivity index is 1.43. The molecule has 0 unspecified atom stereocenters. The molecule has 0 spiro atoms. The molecule has 152 valence electrons. The monoisotopic (exact) mass is 401 g/mol. The molecular formula is C23H23N5O2. The van der Waals surface area contributed by atoms with Crippen molar-refractivity contribution in [2.75, 3.05) is 10.6 Å². The Bertz CT molecular complexity index is 1210. The van der Waals surface area contributed by atoms with E-state index in [2.05, 4.69) is 25.8 Å². The maximum atomic E-state index is 12.5. The first-order valence-electron chi connectivity index (χ1n) is 9.72. The Morgan fingerprint density at radius 1 is 0.933 bits per heavy atom. The van der Waals surface area contributed by atoms with Crippen LogP contribution in [0.2, 0.25) is 0 Å². The van der Waals surface area contributed by atoms with E-state index < -0.39 is 0 Å². The van der Waals surface area contributed by atoms with E-state index in [4.69, 9.17) is 4.52 Å². The number of hydrogen-bond donors (Lipinski definition) is 2. The zero-order chi connectivity index (χ0) is 21.3. The Kier molecular flexibility index (Phi) is 5.18. The summed E-state index contributed by atoms with van der Waals surface area (Å²) >= 11 is 0. The topological polar surface area (TPSA) is 92.9 Å². The molecule has 0 saturated carbocycles. The fourth-order valence-electron chi connectivity index (χ4n) is 3.47. The predicted octanol–water partition coefficient (Wildman–Crippen LogP) is 4.78. The second kappa shape index (κ2) is 7.94. The average Bonchev–Trinajstić information content (AvgIpc) is 3.05. The van der Waals surface area contributed by atoms with Gasteiger partial charge in [0.15, 0.2) is 5.58 Å². The normalized spacial score (nSPS) is 10.9. The number of fused-ring (bicyclic) bond motifs is 1. The standard InChI is InChI=1S/C23H23N5O2/c1-13-9-14(2)22-19(10-13)20(28-30-22)12-21(29)26-17-5-7-18(8-6-17)27-23-24-15(3)11-16(4)25-23/h5-11H,12H2,1-4H3,(H,26,29)(H,24,25,27). The van der Waals surface area contributed by atoms with Gasteiger partial charge in [0.25, 0.3) is 0 Å². The van der Waals surface area contributed by atoms with E-state index in [1.165, 1.54) is 0 Å². The maximum absolute atomic E-state index is 12.5. The average molecular weight is 401 g/mol. The van der Waals surface area contributed by atoms with Crippen LogP contribution in [-0.2, 0) is 11.2 Å². The van der Waals surface area contributed by atoms with Crippen LogP contribution in [0.4, 0.5) is 17.3 Å². The van der Waals surface area contributed by atoms with Crippen LogP contribution in [0.15, 0.2) is 47.0 Å². The van der Waals surface area contributed by atoms with Gasteiger partial charge in [0.1, 0.15) is 5.69 Å². The van der Waals surface area contributed by atoms with Crippen molar-refractivity contribution in [2.24, 2.45) is 0 Å². The van der Waals surface area contributed by atoms with E-state index in [-0.39, 0.29) is 12.3 Å². The molecule has 2 heterocycles. The molecular weight excluding hydrogens is 378 g/mol. The first kappa shape index (κ1) is 19.6. The summed E-state index contributed by atoms with van der Waals surface area (Å²) in [5.74, 6) is 0.399. The van der Waals surface area contributed by atoms with Crippen LogP contribution >= 0.6 is 0 Å². The third-order valence-electron chi connectivity index (χ3n) is 4.71. The summed E-state index contributed by atoms with van der Waals surface area (Å²) in [6, 6.07) is 13.4. The van der Waals surface area contributed by atoms with E-state index in [0.29, 0.717) is 17.3 Å². The molecule has 0 aliphatic rings. The Morgan fingerprint density at radius 3 is 2.30 bits per heavy atom. The Morgan fingerprint density at radius 2 is 1.60 bits per heavy atom. The lowest BCUT2D eigenvalue weighted by Gasteiger charge is -2.08. The van der Waals surface area contributed by atoms with Crippen molar-refractivity contribution in [3.8, 4) is 0 Å². The van der Waals surface area contributed by atoms with Crippen LogP contribution < -0.4 is 10.6 Å². The largest absolute Gasteiger partial charge is 0.356 e. The lowest BCUT2D eigenvalue weighted by Crippen LogP contribution is -2.14. The number of benzene rings is 2. The number of aromatic nitrogens is 3. The van der Waals surface area contributed by atoms with E-state index in [1.807, 2.05) is 70.2 Å². The van der Waals surface area contributed by atoms with Crippen molar-refractivity contribution in [2.45, 2.75) is 34.1 Å². The molecule has 30 heavy (non-hydrogen) atoms. The zero-order valence-corrected chi connectivity index (χ0v) is 17.4. The second-order valence-corrected chi connectivity index (χ2v) is 7.49. The maximum Gasteiger partial charge on any atom is 0.230 e. The molecule has 0 fully saturated rings. The van der Waals surface area contributed by atoms with Crippen molar-refractivity contribution < 1.29 is 9.32 Å². The summed E-state index contributed by atoms with van der Waals surface area (Å²) in [6.07, 6.45) is 0.145. The van der Waals surface area contributed by atoms with Gasteiger partial charge in [-0.3, -0.25) is 4.79 Å². The lowest BCUT2D eigenvalue weighted by molar-refractivity contribution is -0.115. The molecule has 7 nitrogen and oxygen atoms in total. The number of rotatable bonds is 5. The summed E-state index contributed by atoms with van der Waals surface area (Å²) in [5.41, 5.74) is 6.84. The zero-order valence-electron chi connectivity index (χ0n) is 17.4. The van der Waals surface area contributed by atoms with Gasteiger partial charge in [-0.25, -0.2) is 9.97 Å². The van der Waals surface area contributed by atoms with Crippen molar-refractivity contribution in [1.29, 1.82) is 0 Å². The molecule has 0 radical (unpaired) electrons. The van der Waals surface area contributed by atoms with Gasteiger partial charge in [-0.05, 0) is 75.2 Å². The molecule has 4 rings (SSSR count). The van der Waals surface area contributed by atoms with Gasteiger partial charge >= 0.3 is 0 Å². The Hall–Kier alpha value is -3.74. The van der Waals surface area contributed by atoms with E-state index in [9.17, 15) is 4.79 Å². The molecule has 7 heteroatoms. The Labute approximate surface area is 174 Å². The molecule has 4 aromatic rings. The number of carbonyl (C=O) groups excluding carboxylic acids is 1.